The Labute approximate surface area is 136 Å². The average molecular weight is 314 g/mol. The minimum atomic E-state index is 0.316. The molecule has 1 saturated heterocycles. The Morgan fingerprint density at radius 1 is 1.22 bits per heavy atom. The number of hydrogen-bond acceptors (Lipinski definition) is 5. The first-order valence-electron chi connectivity index (χ1n) is 8.30. The second kappa shape index (κ2) is 6.72. The minimum absolute atomic E-state index is 0.316. The van der Waals surface area contributed by atoms with E-state index in [0.717, 1.165) is 38.3 Å². The first-order valence-corrected chi connectivity index (χ1v) is 8.30. The Morgan fingerprint density at radius 3 is 3.04 bits per heavy atom. The van der Waals surface area contributed by atoms with Crippen molar-refractivity contribution in [2.24, 2.45) is 5.92 Å². The predicted octanol–water partition coefficient (Wildman–Crippen LogP) is 2.73. The van der Waals surface area contributed by atoms with Crippen molar-refractivity contribution in [2.45, 2.75) is 31.5 Å². The number of fused-ring (bicyclic) bond motifs is 1. The summed E-state index contributed by atoms with van der Waals surface area (Å²) in [6, 6.07) is 10.2. The fraction of sp³-hybridized carbons (Fsp3) is 0.500. The monoisotopic (exact) mass is 314 g/mol. The van der Waals surface area contributed by atoms with Crippen LogP contribution in [0.15, 0.2) is 47.2 Å². The molecular weight excluding hydrogens is 292 g/mol. The molecule has 0 radical (unpaired) electrons. The van der Waals surface area contributed by atoms with Crippen molar-refractivity contribution in [3.05, 3.63) is 48.6 Å². The first-order chi connectivity index (χ1) is 11.4. The lowest BCUT2D eigenvalue weighted by Gasteiger charge is -2.37. The van der Waals surface area contributed by atoms with Gasteiger partial charge in [-0.3, -0.25) is 4.90 Å². The number of hydrogen-bond donors (Lipinski definition) is 0. The van der Waals surface area contributed by atoms with Crippen molar-refractivity contribution < 1.29 is 13.9 Å². The maximum absolute atomic E-state index is 5.99. The van der Waals surface area contributed by atoms with Gasteiger partial charge in [0.15, 0.2) is 0 Å². The molecule has 122 valence electrons. The molecule has 0 aromatic carbocycles. The van der Waals surface area contributed by atoms with Crippen LogP contribution in [-0.4, -0.2) is 41.8 Å². The number of aromatic nitrogens is 1. The Hall–Kier alpha value is -1.85. The van der Waals surface area contributed by atoms with E-state index in [0.29, 0.717) is 30.6 Å². The molecule has 23 heavy (non-hydrogen) atoms. The van der Waals surface area contributed by atoms with Crippen LogP contribution < -0.4 is 4.74 Å². The molecule has 2 fully saturated rings. The van der Waals surface area contributed by atoms with Crippen LogP contribution in [0.25, 0.3) is 0 Å². The van der Waals surface area contributed by atoms with Gasteiger partial charge >= 0.3 is 0 Å². The van der Waals surface area contributed by atoms with Crippen LogP contribution in [0.3, 0.4) is 0 Å². The van der Waals surface area contributed by atoms with E-state index in [1.807, 2.05) is 30.3 Å². The van der Waals surface area contributed by atoms with E-state index in [2.05, 4.69) is 9.88 Å². The Morgan fingerprint density at radius 2 is 2.22 bits per heavy atom. The number of nitrogens with zero attached hydrogens (tertiary/aromatic N) is 2. The van der Waals surface area contributed by atoms with E-state index in [-0.39, 0.29) is 0 Å². The molecule has 0 bridgehead atoms. The fourth-order valence-electron chi connectivity index (χ4n) is 3.70. The van der Waals surface area contributed by atoms with Crippen molar-refractivity contribution in [2.75, 3.05) is 19.8 Å². The summed E-state index contributed by atoms with van der Waals surface area (Å²) in [7, 11) is 0. The normalized spacial score (nSPS) is 27.7. The minimum Gasteiger partial charge on any atom is -0.477 e. The van der Waals surface area contributed by atoms with Crippen molar-refractivity contribution in [3.8, 4) is 5.88 Å². The molecule has 0 unspecified atom stereocenters. The zero-order valence-electron chi connectivity index (χ0n) is 13.1. The Bertz CT molecular complexity index is 602. The lowest BCUT2D eigenvalue weighted by Crippen LogP contribution is -2.47. The van der Waals surface area contributed by atoms with Crippen LogP contribution in [-0.2, 0) is 11.3 Å². The second-order valence-electron chi connectivity index (χ2n) is 6.34. The molecule has 0 N–H and O–H groups in total. The van der Waals surface area contributed by atoms with Gasteiger partial charge in [0.1, 0.15) is 5.76 Å². The van der Waals surface area contributed by atoms with Crippen molar-refractivity contribution in [3.63, 3.8) is 0 Å². The van der Waals surface area contributed by atoms with E-state index in [1.165, 1.54) is 0 Å². The number of ether oxygens (including phenoxy) is 2. The summed E-state index contributed by atoms with van der Waals surface area (Å²) in [5.41, 5.74) is 0. The molecule has 0 spiro atoms. The number of rotatable bonds is 5. The van der Waals surface area contributed by atoms with E-state index in [1.54, 1.807) is 12.5 Å². The molecular formula is C18H22N2O3. The average Bonchev–Trinajstić information content (AvgIpc) is 3.23. The van der Waals surface area contributed by atoms with E-state index >= 15 is 0 Å². The summed E-state index contributed by atoms with van der Waals surface area (Å²) < 4.78 is 17.3. The second-order valence-corrected chi connectivity index (χ2v) is 6.34. The van der Waals surface area contributed by atoms with E-state index in [4.69, 9.17) is 13.9 Å². The highest BCUT2D eigenvalue weighted by Crippen LogP contribution is 2.35. The summed E-state index contributed by atoms with van der Waals surface area (Å²) >= 11 is 0. The van der Waals surface area contributed by atoms with Gasteiger partial charge in [0.2, 0.25) is 5.88 Å². The van der Waals surface area contributed by atoms with Gasteiger partial charge in [-0.25, -0.2) is 4.98 Å². The van der Waals surface area contributed by atoms with Gasteiger partial charge in [-0.1, -0.05) is 6.07 Å². The lowest BCUT2D eigenvalue weighted by atomic mass is 10.1. The third-order valence-electron chi connectivity index (χ3n) is 4.79. The van der Waals surface area contributed by atoms with Crippen LogP contribution in [0.1, 0.15) is 18.6 Å². The maximum atomic E-state index is 5.99. The van der Waals surface area contributed by atoms with Crippen LogP contribution in [0.4, 0.5) is 0 Å². The van der Waals surface area contributed by atoms with Crippen LogP contribution >= 0.6 is 0 Å². The Kier molecular flexibility index (Phi) is 4.30. The predicted molar refractivity (Wildman–Crippen MR) is 85.1 cm³/mol. The molecule has 1 aliphatic carbocycles. The largest absolute Gasteiger partial charge is 0.477 e. The van der Waals surface area contributed by atoms with Gasteiger partial charge in [-0.2, -0.15) is 0 Å². The van der Waals surface area contributed by atoms with Crippen LogP contribution in [0.5, 0.6) is 5.88 Å². The summed E-state index contributed by atoms with van der Waals surface area (Å²) in [5.74, 6) is 2.25. The van der Waals surface area contributed by atoms with Gasteiger partial charge in [0.25, 0.3) is 0 Å². The molecule has 1 saturated carbocycles. The maximum Gasteiger partial charge on any atom is 0.213 e. The van der Waals surface area contributed by atoms with Gasteiger partial charge in [0.05, 0.1) is 32.1 Å². The van der Waals surface area contributed by atoms with Crippen LogP contribution in [0, 0.1) is 5.92 Å². The molecule has 2 aromatic heterocycles. The number of pyridine rings is 1. The van der Waals surface area contributed by atoms with Crippen molar-refractivity contribution in [1.29, 1.82) is 0 Å². The third-order valence-corrected chi connectivity index (χ3v) is 4.79. The first kappa shape index (κ1) is 14.7. The highest BCUT2D eigenvalue weighted by molar-refractivity contribution is 5.09. The number of morpholine rings is 1. The summed E-state index contributed by atoms with van der Waals surface area (Å²) in [6.45, 7) is 3.35. The fourth-order valence-corrected chi connectivity index (χ4v) is 3.70. The molecule has 3 heterocycles. The van der Waals surface area contributed by atoms with Gasteiger partial charge in [-0.05, 0) is 37.0 Å². The zero-order valence-corrected chi connectivity index (χ0v) is 13.1. The summed E-state index contributed by atoms with van der Waals surface area (Å²) in [4.78, 5) is 6.71. The van der Waals surface area contributed by atoms with Crippen molar-refractivity contribution >= 4 is 0 Å². The van der Waals surface area contributed by atoms with Gasteiger partial charge < -0.3 is 13.9 Å². The van der Waals surface area contributed by atoms with Gasteiger partial charge in [0, 0.05) is 24.8 Å². The molecule has 3 atom stereocenters. The van der Waals surface area contributed by atoms with Crippen LogP contribution in [0.2, 0.25) is 0 Å². The standard InChI is InChI=1S/C18H22N2O3/c1-2-6-19-18(5-1)23-13-14-10-16-17(11-14)22-9-7-20(16)12-15-4-3-8-21-15/h1-6,8,14,16-17H,7,9-13H2/t14-,16+,17+/m0/s1. The molecule has 4 rings (SSSR count). The zero-order chi connectivity index (χ0) is 15.5. The highest BCUT2D eigenvalue weighted by Gasteiger charge is 2.41. The SMILES string of the molecule is c1ccc(OC[C@H]2C[C@@H]3[C@@H](C2)OCCN3Cc2ccco2)nc1. The summed E-state index contributed by atoms with van der Waals surface area (Å²) in [6.07, 6.45) is 5.99. The lowest BCUT2D eigenvalue weighted by molar-refractivity contribution is -0.0608. The molecule has 0 amide bonds. The molecule has 2 aromatic rings. The summed E-state index contributed by atoms with van der Waals surface area (Å²) in [5, 5.41) is 0. The molecule has 5 nitrogen and oxygen atoms in total. The molecule has 1 aliphatic heterocycles. The third kappa shape index (κ3) is 3.41. The topological polar surface area (TPSA) is 47.7 Å². The van der Waals surface area contributed by atoms with E-state index in [9.17, 15) is 0 Å². The smallest absolute Gasteiger partial charge is 0.213 e. The Balaban J connectivity index is 1.35. The highest BCUT2D eigenvalue weighted by atomic mass is 16.5. The van der Waals surface area contributed by atoms with Gasteiger partial charge in [-0.15, -0.1) is 0 Å². The quantitative estimate of drug-likeness (QED) is 0.849. The van der Waals surface area contributed by atoms with Crippen molar-refractivity contribution in [1.82, 2.24) is 9.88 Å². The number of furan rings is 1. The molecule has 2 aliphatic rings. The molecule has 5 heteroatoms. The van der Waals surface area contributed by atoms with E-state index < -0.39 is 0 Å².